The maximum absolute atomic E-state index is 12.7. The standard InChI is InChI=1S/C52H88O6/c1-4-7-10-13-16-19-22-24-25-26-28-30-33-36-39-42-45-51(54)57-48-49(47-56-50(53)44-41-38-35-32-29-21-18-15-12-9-6-3)58-52(55)46-43-40-37-34-31-27-23-20-17-14-11-8-5-2/h7,10,15-16,18-19,21,24-25,27,29,31,49H,4-6,8-9,11-14,17,20,22-23,26,28,30,32-48H2,1-3H3/b10-7-,18-15-,19-16-,25-24-,29-21-,31-27-. The third kappa shape index (κ3) is 44.0. The number of esters is 3. The first kappa shape index (κ1) is 54.9. The second kappa shape index (κ2) is 46.5. The lowest BCUT2D eigenvalue weighted by Crippen LogP contribution is -2.30. The van der Waals surface area contributed by atoms with E-state index in [0.717, 1.165) is 109 Å². The number of hydrogen-bond acceptors (Lipinski definition) is 6. The van der Waals surface area contributed by atoms with Crippen molar-refractivity contribution in [3.05, 3.63) is 72.9 Å². The Morgan fingerprint density at radius 2 is 0.741 bits per heavy atom. The van der Waals surface area contributed by atoms with Gasteiger partial charge in [-0.3, -0.25) is 14.4 Å². The topological polar surface area (TPSA) is 78.9 Å². The van der Waals surface area contributed by atoms with E-state index < -0.39 is 6.10 Å². The van der Waals surface area contributed by atoms with E-state index in [4.69, 9.17) is 14.2 Å². The third-order valence-corrected chi connectivity index (χ3v) is 9.94. The van der Waals surface area contributed by atoms with Crippen molar-refractivity contribution in [1.29, 1.82) is 0 Å². The number of hydrogen-bond donors (Lipinski definition) is 0. The van der Waals surface area contributed by atoms with Crippen LogP contribution in [0.5, 0.6) is 0 Å². The molecule has 0 aromatic carbocycles. The van der Waals surface area contributed by atoms with E-state index >= 15 is 0 Å². The molecule has 0 spiro atoms. The fraction of sp³-hybridized carbons (Fsp3) is 0.712. The summed E-state index contributed by atoms with van der Waals surface area (Å²) in [7, 11) is 0. The molecule has 6 heteroatoms. The lowest BCUT2D eigenvalue weighted by Gasteiger charge is -2.18. The summed E-state index contributed by atoms with van der Waals surface area (Å²) in [6.45, 7) is 6.40. The Bertz CT molecular complexity index is 1110. The van der Waals surface area contributed by atoms with Gasteiger partial charge in [0.2, 0.25) is 0 Å². The Kier molecular flexibility index (Phi) is 44.0. The molecule has 1 unspecified atom stereocenters. The van der Waals surface area contributed by atoms with E-state index in [1.54, 1.807) is 0 Å². The van der Waals surface area contributed by atoms with Crippen LogP contribution in [0.25, 0.3) is 0 Å². The molecule has 0 aliphatic heterocycles. The second-order valence-corrected chi connectivity index (χ2v) is 15.7. The number of carbonyl (C=O) groups excluding carboxylic acids is 3. The summed E-state index contributed by atoms with van der Waals surface area (Å²) in [5.74, 6) is -0.958. The molecule has 0 amide bonds. The molecule has 0 rings (SSSR count). The first-order valence-corrected chi connectivity index (χ1v) is 24.0. The SMILES string of the molecule is CC/C=C\C/C=C\C/C=C\CCCCCCCCC(=O)OCC(COC(=O)CCCCC/C=C\C=C/CCCC)OC(=O)CCCCC/C=C\CCCCCCCC. The molecular formula is C52H88O6. The molecule has 0 heterocycles. The van der Waals surface area contributed by atoms with Gasteiger partial charge >= 0.3 is 17.9 Å². The number of unbranched alkanes of at least 4 members (excludes halogenated alkanes) is 20. The first-order valence-electron chi connectivity index (χ1n) is 24.0. The Morgan fingerprint density at radius 1 is 0.379 bits per heavy atom. The van der Waals surface area contributed by atoms with E-state index in [0.29, 0.717) is 19.3 Å². The number of allylic oxidation sites excluding steroid dienone is 12. The summed E-state index contributed by atoms with van der Waals surface area (Å²) in [5.41, 5.74) is 0. The molecular weight excluding hydrogens is 721 g/mol. The van der Waals surface area contributed by atoms with Crippen LogP contribution in [0.2, 0.25) is 0 Å². The molecule has 6 nitrogen and oxygen atoms in total. The van der Waals surface area contributed by atoms with Crippen LogP contribution >= 0.6 is 0 Å². The minimum atomic E-state index is -0.797. The van der Waals surface area contributed by atoms with Crippen molar-refractivity contribution in [2.24, 2.45) is 0 Å². The number of ether oxygens (including phenoxy) is 3. The van der Waals surface area contributed by atoms with Crippen molar-refractivity contribution in [3.8, 4) is 0 Å². The first-order chi connectivity index (χ1) is 28.5. The van der Waals surface area contributed by atoms with Crippen LogP contribution in [0, 0.1) is 0 Å². The normalized spacial score (nSPS) is 12.7. The number of carbonyl (C=O) groups is 3. The molecule has 0 N–H and O–H groups in total. The van der Waals surface area contributed by atoms with Crippen molar-refractivity contribution < 1.29 is 28.6 Å². The van der Waals surface area contributed by atoms with E-state index in [9.17, 15) is 14.4 Å². The summed E-state index contributed by atoms with van der Waals surface area (Å²) in [6, 6.07) is 0. The van der Waals surface area contributed by atoms with Crippen molar-refractivity contribution in [2.45, 2.75) is 226 Å². The average Bonchev–Trinajstić information content (AvgIpc) is 3.22. The summed E-state index contributed by atoms with van der Waals surface area (Å²) in [6.07, 6.45) is 57.4. The van der Waals surface area contributed by atoms with E-state index in [-0.39, 0.29) is 31.1 Å². The van der Waals surface area contributed by atoms with Crippen LogP contribution in [0.1, 0.15) is 220 Å². The maximum atomic E-state index is 12.7. The van der Waals surface area contributed by atoms with Gasteiger partial charge < -0.3 is 14.2 Å². The highest BCUT2D eigenvalue weighted by atomic mass is 16.6. The molecule has 58 heavy (non-hydrogen) atoms. The van der Waals surface area contributed by atoms with Gasteiger partial charge in [0.1, 0.15) is 13.2 Å². The van der Waals surface area contributed by atoms with Crippen LogP contribution < -0.4 is 0 Å². The van der Waals surface area contributed by atoms with E-state index in [2.05, 4.69) is 93.7 Å². The molecule has 0 aromatic rings. The second-order valence-electron chi connectivity index (χ2n) is 15.7. The van der Waals surface area contributed by atoms with Crippen LogP contribution in [0.3, 0.4) is 0 Å². The zero-order valence-electron chi connectivity index (χ0n) is 37.8. The molecule has 0 fully saturated rings. The largest absolute Gasteiger partial charge is 0.462 e. The molecule has 0 aliphatic rings. The zero-order chi connectivity index (χ0) is 42.3. The third-order valence-electron chi connectivity index (χ3n) is 9.94. The lowest BCUT2D eigenvalue weighted by atomic mass is 10.1. The van der Waals surface area contributed by atoms with Gasteiger partial charge in [-0.05, 0) is 96.3 Å². The van der Waals surface area contributed by atoms with Gasteiger partial charge in [0.05, 0.1) is 0 Å². The lowest BCUT2D eigenvalue weighted by molar-refractivity contribution is -0.167. The van der Waals surface area contributed by atoms with Crippen LogP contribution in [-0.2, 0) is 28.6 Å². The Hall–Kier alpha value is -3.15. The minimum Gasteiger partial charge on any atom is -0.462 e. The molecule has 0 saturated carbocycles. The predicted molar refractivity (Wildman–Crippen MR) is 247 cm³/mol. The Labute approximate surface area is 357 Å². The highest BCUT2D eigenvalue weighted by molar-refractivity contribution is 5.71. The van der Waals surface area contributed by atoms with E-state index in [1.165, 1.54) is 70.6 Å². The summed E-state index contributed by atoms with van der Waals surface area (Å²) in [4.78, 5) is 37.8. The summed E-state index contributed by atoms with van der Waals surface area (Å²) >= 11 is 0. The highest BCUT2D eigenvalue weighted by Crippen LogP contribution is 2.13. The molecule has 0 radical (unpaired) electrons. The molecule has 0 bridgehead atoms. The van der Waals surface area contributed by atoms with Gasteiger partial charge in [-0.1, -0.05) is 177 Å². The van der Waals surface area contributed by atoms with Crippen molar-refractivity contribution in [3.63, 3.8) is 0 Å². The zero-order valence-corrected chi connectivity index (χ0v) is 37.8. The summed E-state index contributed by atoms with van der Waals surface area (Å²) in [5, 5.41) is 0. The van der Waals surface area contributed by atoms with Gasteiger partial charge in [-0.2, -0.15) is 0 Å². The van der Waals surface area contributed by atoms with Gasteiger partial charge in [-0.25, -0.2) is 0 Å². The number of rotatable bonds is 42. The van der Waals surface area contributed by atoms with Crippen molar-refractivity contribution >= 4 is 17.9 Å². The summed E-state index contributed by atoms with van der Waals surface area (Å²) < 4.78 is 16.7. The van der Waals surface area contributed by atoms with E-state index in [1.807, 2.05) is 0 Å². The minimum absolute atomic E-state index is 0.0975. The molecule has 0 aromatic heterocycles. The van der Waals surface area contributed by atoms with Crippen molar-refractivity contribution in [2.75, 3.05) is 13.2 Å². The monoisotopic (exact) mass is 809 g/mol. The maximum Gasteiger partial charge on any atom is 0.306 e. The molecule has 0 saturated heterocycles. The van der Waals surface area contributed by atoms with Gasteiger partial charge in [0.15, 0.2) is 6.10 Å². The Balaban J connectivity index is 4.44. The highest BCUT2D eigenvalue weighted by Gasteiger charge is 2.19. The van der Waals surface area contributed by atoms with Crippen LogP contribution in [0.4, 0.5) is 0 Å². The quantitative estimate of drug-likeness (QED) is 0.0201. The van der Waals surface area contributed by atoms with Crippen LogP contribution in [0.15, 0.2) is 72.9 Å². The smallest absolute Gasteiger partial charge is 0.306 e. The fourth-order valence-corrected chi connectivity index (χ4v) is 6.31. The van der Waals surface area contributed by atoms with Gasteiger partial charge in [0, 0.05) is 19.3 Å². The average molecular weight is 809 g/mol. The van der Waals surface area contributed by atoms with Gasteiger partial charge in [-0.15, -0.1) is 0 Å². The molecule has 0 aliphatic carbocycles. The van der Waals surface area contributed by atoms with Crippen LogP contribution in [-0.4, -0.2) is 37.2 Å². The fourth-order valence-electron chi connectivity index (χ4n) is 6.31. The molecule has 332 valence electrons. The van der Waals surface area contributed by atoms with Crippen molar-refractivity contribution in [1.82, 2.24) is 0 Å². The predicted octanol–water partition coefficient (Wildman–Crippen LogP) is 15.5. The molecule has 1 atom stereocenters. The van der Waals surface area contributed by atoms with Gasteiger partial charge in [0.25, 0.3) is 0 Å². The Morgan fingerprint density at radius 3 is 1.24 bits per heavy atom.